The number of carbonyl (C=O) groups is 3. The Hall–Kier alpha value is -2.37. The van der Waals surface area contributed by atoms with Crippen LogP contribution in [0, 0.1) is 0 Å². The molecule has 6 heteroatoms. The first-order chi connectivity index (χ1) is 27.5. The average molecular weight is 787 g/mol. The maximum atomic E-state index is 12.7. The zero-order valence-corrected chi connectivity index (χ0v) is 37.2. The summed E-state index contributed by atoms with van der Waals surface area (Å²) in [7, 11) is 0. The maximum absolute atomic E-state index is 12.7. The Balaban J connectivity index is 4.37. The Bertz CT molecular complexity index is 953. The molecule has 0 aliphatic carbocycles. The van der Waals surface area contributed by atoms with E-state index in [1.54, 1.807) is 0 Å². The summed E-state index contributed by atoms with van der Waals surface area (Å²) in [5.41, 5.74) is 0. The number of carbonyl (C=O) groups excluding carboxylic acids is 3. The Morgan fingerprint density at radius 2 is 0.661 bits per heavy atom. The number of ether oxygens (including phenoxy) is 3. The summed E-state index contributed by atoms with van der Waals surface area (Å²) in [6.07, 6.45) is 51.2. The number of hydrogen-bond donors (Lipinski definition) is 0. The highest BCUT2D eigenvalue weighted by Gasteiger charge is 2.19. The summed E-state index contributed by atoms with van der Waals surface area (Å²) in [4.78, 5) is 37.8. The van der Waals surface area contributed by atoms with Crippen LogP contribution in [0.4, 0.5) is 0 Å². The summed E-state index contributed by atoms with van der Waals surface area (Å²) in [5.74, 6) is -0.915. The summed E-state index contributed by atoms with van der Waals surface area (Å²) >= 11 is 0. The van der Waals surface area contributed by atoms with Crippen molar-refractivity contribution in [2.24, 2.45) is 0 Å². The SMILES string of the molecule is CCCC/C=C\C=C/CCCCCC(=O)OCC(COC(=O)CCCCCCCCCCCCCCCCC)OC(=O)CCCCCCC/C=C\CCCCC. The Morgan fingerprint density at radius 1 is 0.357 bits per heavy atom. The van der Waals surface area contributed by atoms with Crippen LogP contribution in [0.2, 0.25) is 0 Å². The topological polar surface area (TPSA) is 78.9 Å². The van der Waals surface area contributed by atoms with E-state index in [2.05, 4.69) is 57.2 Å². The van der Waals surface area contributed by atoms with E-state index >= 15 is 0 Å². The third-order valence-electron chi connectivity index (χ3n) is 10.4. The quantitative estimate of drug-likeness (QED) is 0.0201. The van der Waals surface area contributed by atoms with Gasteiger partial charge in [0, 0.05) is 19.3 Å². The zero-order valence-electron chi connectivity index (χ0n) is 37.2. The minimum atomic E-state index is -0.781. The van der Waals surface area contributed by atoms with Crippen molar-refractivity contribution in [2.75, 3.05) is 13.2 Å². The lowest BCUT2D eigenvalue weighted by Gasteiger charge is -2.18. The van der Waals surface area contributed by atoms with Crippen LogP contribution in [-0.4, -0.2) is 37.2 Å². The first-order valence-corrected chi connectivity index (χ1v) is 24.0. The van der Waals surface area contributed by atoms with Crippen molar-refractivity contribution in [1.82, 2.24) is 0 Å². The lowest BCUT2D eigenvalue weighted by Crippen LogP contribution is -2.30. The van der Waals surface area contributed by atoms with Crippen molar-refractivity contribution in [3.8, 4) is 0 Å². The van der Waals surface area contributed by atoms with Crippen LogP contribution in [0.15, 0.2) is 36.5 Å². The van der Waals surface area contributed by atoms with Gasteiger partial charge in [-0.3, -0.25) is 14.4 Å². The molecule has 0 fully saturated rings. The second kappa shape index (κ2) is 45.3. The number of unbranched alkanes of at least 4 members (excludes halogenated alkanes) is 27. The Labute approximate surface area is 346 Å². The fourth-order valence-electron chi connectivity index (χ4n) is 6.71. The molecule has 0 aromatic carbocycles. The first kappa shape index (κ1) is 53.6. The molecule has 0 radical (unpaired) electrons. The molecule has 0 aromatic heterocycles. The monoisotopic (exact) mass is 787 g/mol. The van der Waals surface area contributed by atoms with Crippen LogP contribution >= 0.6 is 0 Å². The van der Waals surface area contributed by atoms with E-state index in [1.807, 2.05) is 0 Å². The second-order valence-corrected chi connectivity index (χ2v) is 16.0. The smallest absolute Gasteiger partial charge is 0.306 e. The molecule has 1 atom stereocenters. The molecule has 0 aliphatic heterocycles. The van der Waals surface area contributed by atoms with Gasteiger partial charge in [-0.15, -0.1) is 0 Å². The minimum Gasteiger partial charge on any atom is -0.462 e. The van der Waals surface area contributed by atoms with Gasteiger partial charge < -0.3 is 14.2 Å². The van der Waals surface area contributed by atoms with Gasteiger partial charge in [-0.2, -0.15) is 0 Å². The minimum absolute atomic E-state index is 0.0816. The molecule has 326 valence electrons. The number of esters is 3. The van der Waals surface area contributed by atoms with E-state index in [9.17, 15) is 14.4 Å². The number of allylic oxidation sites excluding steroid dienone is 6. The van der Waals surface area contributed by atoms with Crippen LogP contribution in [0.25, 0.3) is 0 Å². The maximum Gasteiger partial charge on any atom is 0.306 e. The number of rotatable bonds is 43. The van der Waals surface area contributed by atoms with E-state index in [0.717, 1.165) is 83.5 Å². The molecule has 0 rings (SSSR count). The van der Waals surface area contributed by atoms with E-state index in [0.29, 0.717) is 19.3 Å². The highest BCUT2D eigenvalue weighted by atomic mass is 16.6. The summed E-state index contributed by atoms with van der Waals surface area (Å²) in [5, 5.41) is 0. The van der Waals surface area contributed by atoms with Crippen LogP contribution < -0.4 is 0 Å². The highest BCUT2D eigenvalue weighted by molar-refractivity contribution is 5.71. The fourth-order valence-corrected chi connectivity index (χ4v) is 6.71. The molecule has 0 spiro atoms. The van der Waals surface area contributed by atoms with Gasteiger partial charge in [0.25, 0.3) is 0 Å². The van der Waals surface area contributed by atoms with E-state index in [-0.39, 0.29) is 31.1 Å². The van der Waals surface area contributed by atoms with Gasteiger partial charge in [-0.25, -0.2) is 0 Å². The van der Waals surface area contributed by atoms with Crippen molar-refractivity contribution in [3.05, 3.63) is 36.5 Å². The fraction of sp³-hybridized carbons (Fsp3) is 0.820. The molecule has 0 aliphatic rings. The molecule has 0 N–H and O–H groups in total. The Kier molecular flexibility index (Phi) is 43.4. The van der Waals surface area contributed by atoms with Crippen LogP contribution in [0.1, 0.15) is 245 Å². The van der Waals surface area contributed by atoms with Gasteiger partial charge in [0.2, 0.25) is 0 Å². The molecule has 0 heterocycles. The van der Waals surface area contributed by atoms with Crippen LogP contribution in [0.5, 0.6) is 0 Å². The van der Waals surface area contributed by atoms with Crippen molar-refractivity contribution < 1.29 is 28.6 Å². The van der Waals surface area contributed by atoms with Crippen molar-refractivity contribution in [2.45, 2.75) is 252 Å². The van der Waals surface area contributed by atoms with Crippen molar-refractivity contribution in [1.29, 1.82) is 0 Å². The van der Waals surface area contributed by atoms with Gasteiger partial charge in [0.05, 0.1) is 0 Å². The highest BCUT2D eigenvalue weighted by Crippen LogP contribution is 2.15. The lowest BCUT2D eigenvalue weighted by atomic mass is 10.0. The van der Waals surface area contributed by atoms with Crippen LogP contribution in [-0.2, 0) is 28.6 Å². The van der Waals surface area contributed by atoms with Gasteiger partial charge in [0.15, 0.2) is 6.10 Å². The van der Waals surface area contributed by atoms with E-state index in [4.69, 9.17) is 14.2 Å². The average Bonchev–Trinajstić information content (AvgIpc) is 3.19. The van der Waals surface area contributed by atoms with Gasteiger partial charge in [-0.1, -0.05) is 198 Å². The summed E-state index contributed by atoms with van der Waals surface area (Å²) in [6.45, 7) is 6.54. The molecular weight excluding hydrogens is 697 g/mol. The molecule has 0 aromatic rings. The standard InChI is InChI=1S/C50H90O6/c1-4-7-10-13-16-19-22-24-25-26-29-31-34-37-40-43-49(52)55-46-47(45-54-48(51)42-39-36-33-30-27-21-18-15-12-9-6-3)56-50(53)44-41-38-35-32-28-23-20-17-14-11-8-5-2/h15,17-18,20-21,27,47H,4-14,16,19,22-26,28-46H2,1-3H3/b18-15-,20-17-,27-21-. The Morgan fingerprint density at radius 3 is 1.11 bits per heavy atom. The third-order valence-corrected chi connectivity index (χ3v) is 10.4. The molecule has 0 bridgehead atoms. The zero-order chi connectivity index (χ0) is 40.8. The molecule has 0 saturated carbocycles. The molecule has 0 amide bonds. The first-order valence-electron chi connectivity index (χ1n) is 24.0. The molecule has 0 saturated heterocycles. The third kappa shape index (κ3) is 42.8. The molecule has 56 heavy (non-hydrogen) atoms. The summed E-state index contributed by atoms with van der Waals surface area (Å²) in [6, 6.07) is 0. The predicted molar refractivity (Wildman–Crippen MR) is 238 cm³/mol. The van der Waals surface area contributed by atoms with E-state index < -0.39 is 6.10 Å². The van der Waals surface area contributed by atoms with Crippen molar-refractivity contribution >= 4 is 17.9 Å². The van der Waals surface area contributed by atoms with Crippen molar-refractivity contribution in [3.63, 3.8) is 0 Å². The van der Waals surface area contributed by atoms with Crippen LogP contribution in [0.3, 0.4) is 0 Å². The molecule has 6 nitrogen and oxygen atoms in total. The molecular formula is C50H90O6. The van der Waals surface area contributed by atoms with E-state index in [1.165, 1.54) is 122 Å². The largest absolute Gasteiger partial charge is 0.462 e. The lowest BCUT2D eigenvalue weighted by molar-refractivity contribution is -0.167. The summed E-state index contributed by atoms with van der Waals surface area (Å²) < 4.78 is 16.7. The van der Waals surface area contributed by atoms with Gasteiger partial charge in [-0.05, 0) is 64.2 Å². The predicted octanol–water partition coefficient (Wildman–Crippen LogP) is 15.4. The van der Waals surface area contributed by atoms with Gasteiger partial charge >= 0.3 is 17.9 Å². The number of hydrogen-bond acceptors (Lipinski definition) is 6. The normalized spacial score (nSPS) is 12.3. The molecule has 1 unspecified atom stereocenters. The van der Waals surface area contributed by atoms with Gasteiger partial charge in [0.1, 0.15) is 13.2 Å². The second-order valence-electron chi connectivity index (χ2n) is 16.0.